The van der Waals surface area contributed by atoms with Gasteiger partial charge in [0.1, 0.15) is 0 Å². The molecule has 1 rings (SSSR count). The topological polar surface area (TPSA) is 41.1 Å². The normalized spacial score (nSPS) is 27.1. The van der Waals surface area contributed by atoms with Crippen LogP contribution in [0.1, 0.15) is 39.5 Å². The van der Waals surface area contributed by atoms with Gasteiger partial charge in [0.05, 0.1) is 6.04 Å². The molecule has 0 aromatic rings. The van der Waals surface area contributed by atoms with E-state index in [1.165, 1.54) is 25.7 Å². The first-order valence-corrected chi connectivity index (χ1v) is 6.28. The molecule has 1 amide bonds. The Morgan fingerprint density at radius 3 is 2.94 bits per heavy atom. The number of amides is 1. The van der Waals surface area contributed by atoms with Crippen molar-refractivity contribution in [2.75, 3.05) is 6.54 Å². The third kappa shape index (κ3) is 4.35. The Morgan fingerprint density at radius 2 is 2.31 bits per heavy atom. The predicted molar refractivity (Wildman–Crippen MR) is 67.2 cm³/mol. The van der Waals surface area contributed by atoms with Gasteiger partial charge in [-0.1, -0.05) is 25.8 Å². The van der Waals surface area contributed by atoms with Crippen LogP contribution in [0.5, 0.6) is 0 Å². The lowest BCUT2D eigenvalue weighted by Crippen LogP contribution is -2.47. The lowest BCUT2D eigenvalue weighted by molar-refractivity contribution is -0.122. The van der Waals surface area contributed by atoms with E-state index in [1.54, 1.807) is 6.08 Å². The van der Waals surface area contributed by atoms with Crippen molar-refractivity contribution in [2.45, 2.75) is 51.6 Å². The van der Waals surface area contributed by atoms with E-state index in [1.807, 2.05) is 6.92 Å². The molecule has 3 nitrogen and oxygen atoms in total. The van der Waals surface area contributed by atoms with Gasteiger partial charge in [0.25, 0.3) is 0 Å². The highest BCUT2D eigenvalue weighted by Crippen LogP contribution is 2.23. The lowest BCUT2D eigenvalue weighted by atomic mass is 9.87. The molecule has 2 N–H and O–H groups in total. The van der Waals surface area contributed by atoms with Gasteiger partial charge in [0.2, 0.25) is 5.91 Å². The van der Waals surface area contributed by atoms with Crippen molar-refractivity contribution >= 4 is 5.91 Å². The second-order valence-electron chi connectivity index (χ2n) is 4.89. The number of hydrogen-bond donors (Lipinski definition) is 2. The van der Waals surface area contributed by atoms with Crippen molar-refractivity contribution in [3.05, 3.63) is 12.7 Å². The molecular weight excluding hydrogens is 200 g/mol. The Balaban J connectivity index is 2.29. The number of rotatable bonds is 5. The van der Waals surface area contributed by atoms with E-state index in [0.29, 0.717) is 12.6 Å². The Bertz CT molecular complexity index is 240. The third-order valence-electron chi connectivity index (χ3n) is 3.24. The van der Waals surface area contributed by atoms with Crippen LogP contribution in [0.25, 0.3) is 0 Å². The van der Waals surface area contributed by atoms with Crippen molar-refractivity contribution in [1.82, 2.24) is 10.6 Å². The fourth-order valence-corrected chi connectivity index (χ4v) is 2.34. The molecular formula is C13H24N2O. The van der Waals surface area contributed by atoms with Crippen molar-refractivity contribution in [2.24, 2.45) is 5.92 Å². The standard InChI is InChI=1S/C13H24N2O/c1-4-8-14-13(16)11(3)15-12-7-5-6-10(2)9-12/h4,10-12,15H,1,5-9H2,2-3H3,(H,14,16). The molecule has 3 heteroatoms. The number of carbonyl (C=O) groups excluding carboxylic acids is 1. The molecule has 1 saturated carbocycles. The van der Waals surface area contributed by atoms with Crippen molar-refractivity contribution in [1.29, 1.82) is 0 Å². The molecule has 0 saturated heterocycles. The van der Waals surface area contributed by atoms with Crippen LogP contribution in [0.3, 0.4) is 0 Å². The minimum absolute atomic E-state index is 0.0677. The summed E-state index contributed by atoms with van der Waals surface area (Å²) in [5.74, 6) is 0.854. The van der Waals surface area contributed by atoms with Crippen LogP contribution in [0.2, 0.25) is 0 Å². The van der Waals surface area contributed by atoms with Crippen LogP contribution in [0, 0.1) is 5.92 Å². The van der Waals surface area contributed by atoms with E-state index in [0.717, 1.165) is 5.92 Å². The summed E-state index contributed by atoms with van der Waals surface area (Å²) in [6.07, 6.45) is 6.70. The lowest BCUT2D eigenvalue weighted by Gasteiger charge is -2.29. The maximum Gasteiger partial charge on any atom is 0.237 e. The average molecular weight is 224 g/mol. The summed E-state index contributed by atoms with van der Waals surface area (Å²) < 4.78 is 0. The van der Waals surface area contributed by atoms with Crippen LogP contribution in [0.4, 0.5) is 0 Å². The number of carbonyl (C=O) groups is 1. The Morgan fingerprint density at radius 1 is 1.56 bits per heavy atom. The summed E-state index contributed by atoms with van der Waals surface area (Å²) in [5.41, 5.74) is 0. The zero-order valence-corrected chi connectivity index (χ0v) is 10.5. The van der Waals surface area contributed by atoms with E-state index >= 15 is 0 Å². The summed E-state index contributed by atoms with van der Waals surface area (Å²) in [7, 11) is 0. The minimum Gasteiger partial charge on any atom is -0.351 e. The molecule has 0 aliphatic heterocycles. The van der Waals surface area contributed by atoms with E-state index in [2.05, 4.69) is 24.1 Å². The molecule has 3 unspecified atom stereocenters. The highest BCUT2D eigenvalue weighted by Gasteiger charge is 2.22. The summed E-state index contributed by atoms with van der Waals surface area (Å²) in [5, 5.41) is 6.22. The maximum atomic E-state index is 11.6. The molecule has 92 valence electrons. The zero-order chi connectivity index (χ0) is 12.0. The van der Waals surface area contributed by atoms with Crippen LogP contribution < -0.4 is 10.6 Å². The largest absolute Gasteiger partial charge is 0.351 e. The van der Waals surface area contributed by atoms with Crippen LogP contribution in [0.15, 0.2) is 12.7 Å². The van der Waals surface area contributed by atoms with E-state index in [9.17, 15) is 4.79 Å². The third-order valence-corrected chi connectivity index (χ3v) is 3.24. The molecule has 0 heterocycles. The maximum absolute atomic E-state index is 11.6. The molecule has 3 atom stereocenters. The number of hydrogen-bond acceptors (Lipinski definition) is 2. The summed E-state index contributed by atoms with van der Waals surface area (Å²) >= 11 is 0. The summed E-state index contributed by atoms with van der Waals surface area (Å²) in [6, 6.07) is 0.406. The average Bonchev–Trinajstić information content (AvgIpc) is 2.25. The molecule has 0 spiro atoms. The first-order valence-electron chi connectivity index (χ1n) is 6.28. The van der Waals surface area contributed by atoms with Crippen LogP contribution in [-0.4, -0.2) is 24.5 Å². The minimum atomic E-state index is -0.102. The Labute approximate surface area is 98.7 Å². The molecule has 0 aromatic carbocycles. The quantitative estimate of drug-likeness (QED) is 0.700. The van der Waals surface area contributed by atoms with Crippen molar-refractivity contribution < 1.29 is 4.79 Å². The van der Waals surface area contributed by atoms with Gasteiger partial charge in [-0.05, 0) is 25.7 Å². The van der Waals surface area contributed by atoms with Crippen LogP contribution >= 0.6 is 0 Å². The SMILES string of the molecule is C=CCNC(=O)C(C)NC1CCCC(C)C1. The fraction of sp³-hybridized carbons (Fsp3) is 0.769. The second kappa shape index (κ2) is 6.69. The second-order valence-corrected chi connectivity index (χ2v) is 4.89. The smallest absolute Gasteiger partial charge is 0.237 e. The van der Waals surface area contributed by atoms with Gasteiger partial charge >= 0.3 is 0 Å². The molecule has 0 bridgehead atoms. The van der Waals surface area contributed by atoms with E-state index in [4.69, 9.17) is 0 Å². The predicted octanol–water partition coefficient (Wildman–Crippen LogP) is 1.85. The van der Waals surface area contributed by atoms with E-state index < -0.39 is 0 Å². The summed E-state index contributed by atoms with van der Waals surface area (Å²) in [6.45, 7) is 8.35. The Kier molecular flexibility index (Phi) is 5.53. The van der Waals surface area contributed by atoms with Gasteiger partial charge in [-0.3, -0.25) is 4.79 Å². The molecule has 1 aliphatic carbocycles. The van der Waals surface area contributed by atoms with E-state index in [-0.39, 0.29) is 11.9 Å². The molecule has 0 radical (unpaired) electrons. The molecule has 16 heavy (non-hydrogen) atoms. The van der Waals surface area contributed by atoms with Gasteiger partial charge < -0.3 is 10.6 Å². The first kappa shape index (κ1) is 13.2. The monoisotopic (exact) mass is 224 g/mol. The molecule has 1 aliphatic rings. The zero-order valence-electron chi connectivity index (χ0n) is 10.5. The molecule has 0 aromatic heterocycles. The molecule has 1 fully saturated rings. The highest BCUT2D eigenvalue weighted by atomic mass is 16.2. The first-order chi connectivity index (χ1) is 7.63. The Hall–Kier alpha value is -0.830. The van der Waals surface area contributed by atoms with Crippen LogP contribution in [-0.2, 0) is 4.79 Å². The fourth-order valence-electron chi connectivity index (χ4n) is 2.34. The van der Waals surface area contributed by atoms with Gasteiger partial charge in [-0.25, -0.2) is 0 Å². The highest BCUT2D eigenvalue weighted by molar-refractivity contribution is 5.81. The van der Waals surface area contributed by atoms with Gasteiger partial charge in [-0.15, -0.1) is 6.58 Å². The van der Waals surface area contributed by atoms with Gasteiger partial charge in [0.15, 0.2) is 0 Å². The summed E-state index contributed by atoms with van der Waals surface area (Å²) in [4.78, 5) is 11.6. The number of nitrogens with one attached hydrogen (secondary N) is 2. The van der Waals surface area contributed by atoms with Gasteiger partial charge in [0, 0.05) is 12.6 Å². The van der Waals surface area contributed by atoms with Crippen molar-refractivity contribution in [3.8, 4) is 0 Å². The van der Waals surface area contributed by atoms with Gasteiger partial charge in [-0.2, -0.15) is 0 Å². The van der Waals surface area contributed by atoms with Crippen molar-refractivity contribution in [3.63, 3.8) is 0 Å².